The van der Waals surface area contributed by atoms with Crippen LogP contribution in [-0.4, -0.2) is 57.5 Å². The number of aromatic amines is 1. The number of rotatable bonds is 5. The van der Waals surface area contributed by atoms with Crippen molar-refractivity contribution in [2.75, 3.05) is 19.6 Å². The lowest BCUT2D eigenvalue weighted by Gasteiger charge is -2.36. The fraction of sp³-hybridized carbons (Fsp3) is 0.737. The van der Waals surface area contributed by atoms with Crippen molar-refractivity contribution >= 4 is 11.8 Å². The Morgan fingerprint density at radius 3 is 2.76 bits per heavy atom. The lowest BCUT2D eigenvalue weighted by atomic mass is 9.84. The Bertz CT molecular complexity index is 611. The van der Waals surface area contributed by atoms with Gasteiger partial charge in [0, 0.05) is 44.2 Å². The van der Waals surface area contributed by atoms with Gasteiger partial charge >= 0.3 is 0 Å². The minimum Gasteiger partial charge on any atom is -0.340 e. The van der Waals surface area contributed by atoms with E-state index in [1.54, 1.807) is 0 Å². The lowest BCUT2D eigenvalue weighted by Crippen LogP contribution is -2.48. The molecule has 2 bridgehead atoms. The number of H-pyrrole nitrogens is 1. The predicted molar refractivity (Wildman–Crippen MR) is 93.7 cm³/mol. The van der Waals surface area contributed by atoms with Gasteiger partial charge in [-0.15, -0.1) is 0 Å². The summed E-state index contributed by atoms with van der Waals surface area (Å²) in [6, 6.07) is 0.226. The van der Waals surface area contributed by atoms with E-state index in [0.717, 1.165) is 63.7 Å². The van der Waals surface area contributed by atoms with E-state index in [9.17, 15) is 9.59 Å². The van der Waals surface area contributed by atoms with E-state index in [0.29, 0.717) is 18.2 Å². The molecule has 6 heteroatoms. The largest absolute Gasteiger partial charge is 0.340 e. The van der Waals surface area contributed by atoms with Gasteiger partial charge in [-0.3, -0.25) is 14.7 Å². The third-order valence-corrected chi connectivity index (χ3v) is 6.21. The Balaban J connectivity index is 1.33. The number of hydrogen-bond donors (Lipinski definition) is 1. The minimum absolute atomic E-state index is 0.226. The number of aromatic nitrogens is 2. The molecule has 1 N–H and O–H groups in total. The van der Waals surface area contributed by atoms with Gasteiger partial charge < -0.3 is 9.80 Å². The van der Waals surface area contributed by atoms with Crippen LogP contribution >= 0.6 is 0 Å². The van der Waals surface area contributed by atoms with E-state index >= 15 is 0 Å². The van der Waals surface area contributed by atoms with Crippen LogP contribution in [-0.2, 0) is 16.0 Å². The van der Waals surface area contributed by atoms with E-state index in [1.165, 1.54) is 6.42 Å². The molecule has 1 saturated carbocycles. The number of amides is 2. The zero-order valence-corrected chi connectivity index (χ0v) is 14.8. The molecular formula is C19H28N4O2. The Hall–Kier alpha value is -1.85. The van der Waals surface area contributed by atoms with Crippen molar-refractivity contribution in [3.05, 3.63) is 18.0 Å². The first-order valence-corrected chi connectivity index (χ1v) is 9.76. The SMILES string of the molecule is O=C(C1CCC1)N1C[C@@H]2CC[C@H](C1)N(C(=O)CCCc1cn[nH]c1)C2. The molecule has 0 radical (unpaired) electrons. The summed E-state index contributed by atoms with van der Waals surface area (Å²) < 4.78 is 0. The molecule has 0 spiro atoms. The summed E-state index contributed by atoms with van der Waals surface area (Å²) in [6.07, 6.45) is 11.6. The van der Waals surface area contributed by atoms with Gasteiger partial charge in [0.25, 0.3) is 0 Å². The average molecular weight is 344 g/mol. The summed E-state index contributed by atoms with van der Waals surface area (Å²) in [5.41, 5.74) is 1.16. The summed E-state index contributed by atoms with van der Waals surface area (Å²) >= 11 is 0. The Morgan fingerprint density at radius 1 is 1.16 bits per heavy atom. The van der Waals surface area contributed by atoms with E-state index in [2.05, 4.69) is 20.0 Å². The first kappa shape index (κ1) is 16.6. The maximum atomic E-state index is 12.7. The maximum absolute atomic E-state index is 12.7. The van der Waals surface area contributed by atoms with Crippen LogP contribution in [0, 0.1) is 11.8 Å². The van der Waals surface area contributed by atoms with E-state index < -0.39 is 0 Å². The molecule has 1 aromatic heterocycles. The van der Waals surface area contributed by atoms with Crippen molar-refractivity contribution in [3.63, 3.8) is 0 Å². The molecule has 4 heterocycles. The Kier molecular flexibility index (Phi) is 4.77. The van der Waals surface area contributed by atoms with Gasteiger partial charge in [0.05, 0.1) is 6.20 Å². The van der Waals surface area contributed by atoms with Crippen LogP contribution in [0.2, 0.25) is 0 Å². The summed E-state index contributed by atoms with van der Waals surface area (Å²) in [4.78, 5) is 29.5. The number of nitrogens with zero attached hydrogens (tertiary/aromatic N) is 3. The average Bonchev–Trinajstić information content (AvgIpc) is 2.90. The van der Waals surface area contributed by atoms with Crippen LogP contribution in [0.1, 0.15) is 50.5 Å². The normalized spacial score (nSPS) is 26.4. The highest BCUT2D eigenvalue weighted by atomic mass is 16.2. The summed E-state index contributed by atoms with van der Waals surface area (Å²) in [6.45, 7) is 2.44. The molecule has 2 atom stereocenters. The standard InChI is InChI=1S/C19H28N4O2/c24-18(6-1-3-14-9-20-21-10-14)23-12-15-7-8-17(23)13-22(11-15)19(25)16-4-2-5-16/h9-10,15-17H,1-8,11-13H2,(H,20,21)/t15-,17+/m0/s1. The monoisotopic (exact) mass is 344 g/mol. The van der Waals surface area contributed by atoms with Crippen LogP contribution in [0.3, 0.4) is 0 Å². The topological polar surface area (TPSA) is 69.3 Å². The van der Waals surface area contributed by atoms with Gasteiger partial charge in [-0.1, -0.05) is 6.42 Å². The number of fused-ring (bicyclic) bond motifs is 4. The summed E-state index contributed by atoms with van der Waals surface area (Å²) in [5.74, 6) is 1.32. The van der Waals surface area contributed by atoms with Crippen molar-refractivity contribution < 1.29 is 9.59 Å². The number of nitrogens with one attached hydrogen (secondary N) is 1. The van der Waals surface area contributed by atoms with Crippen molar-refractivity contribution in [2.45, 2.75) is 57.4 Å². The highest BCUT2D eigenvalue weighted by Gasteiger charge is 2.40. The molecule has 3 aliphatic heterocycles. The number of carbonyl (C=O) groups excluding carboxylic acids is 2. The maximum Gasteiger partial charge on any atom is 0.225 e. The number of carbonyl (C=O) groups is 2. The quantitative estimate of drug-likeness (QED) is 0.888. The van der Waals surface area contributed by atoms with Gasteiger partial charge in [0.2, 0.25) is 11.8 Å². The van der Waals surface area contributed by atoms with Crippen molar-refractivity contribution in [1.82, 2.24) is 20.0 Å². The molecule has 25 heavy (non-hydrogen) atoms. The van der Waals surface area contributed by atoms with E-state index in [4.69, 9.17) is 0 Å². The molecule has 4 aliphatic rings. The molecular weight excluding hydrogens is 316 g/mol. The van der Waals surface area contributed by atoms with Crippen molar-refractivity contribution in [3.8, 4) is 0 Å². The van der Waals surface area contributed by atoms with Crippen LogP contribution in [0.25, 0.3) is 0 Å². The van der Waals surface area contributed by atoms with Gasteiger partial charge in [-0.25, -0.2) is 0 Å². The van der Waals surface area contributed by atoms with Crippen LogP contribution < -0.4 is 0 Å². The fourth-order valence-corrected chi connectivity index (χ4v) is 4.48. The van der Waals surface area contributed by atoms with E-state index in [1.807, 2.05) is 12.4 Å². The van der Waals surface area contributed by atoms with Gasteiger partial charge in [0.1, 0.15) is 0 Å². The van der Waals surface area contributed by atoms with Crippen LogP contribution in [0.15, 0.2) is 12.4 Å². The van der Waals surface area contributed by atoms with Crippen molar-refractivity contribution in [2.24, 2.45) is 11.8 Å². The Labute approximate surface area is 148 Å². The smallest absolute Gasteiger partial charge is 0.225 e. The summed E-state index contributed by atoms with van der Waals surface area (Å²) in [7, 11) is 0. The van der Waals surface area contributed by atoms with Gasteiger partial charge in [-0.05, 0) is 50.0 Å². The number of piperidine rings is 1. The second-order valence-corrected chi connectivity index (χ2v) is 7.97. The third-order valence-electron chi connectivity index (χ3n) is 6.21. The molecule has 6 nitrogen and oxygen atoms in total. The number of hydrogen-bond acceptors (Lipinski definition) is 3. The fourth-order valence-electron chi connectivity index (χ4n) is 4.48. The molecule has 1 aromatic rings. The van der Waals surface area contributed by atoms with Gasteiger partial charge in [0.15, 0.2) is 0 Å². The molecule has 0 unspecified atom stereocenters. The van der Waals surface area contributed by atoms with Crippen LogP contribution in [0.4, 0.5) is 0 Å². The molecule has 5 rings (SSSR count). The van der Waals surface area contributed by atoms with E-state index in [-0.39, 0.29) is 17.9 Å². The molecule has 3 saturated heterocycles. The second-order valence-electron chi connectivity index (χ2n) is 7.97. The zero-order valence-electron chi connectivity index (χ0n) is 14.8. The highest BCUT2D eigenvalue weighted by molar-refractivity contribution is 5.80. The minimum atomic E-state index is 0.226. The molecule has 1 aliphatic carbocycles. The lowest BCUT2D eigenvalue weighted by molar-refractivity contribution is -0.140. The molecule has 4 fully saturated rings. The molecule has 136 valence electrons. The zero-order chi connectivity index (χ0) is 17.2. The van der Waals surface area contributed by atoms with Gasteiger partial charge in [-0.2, -0.15) is 5.10 Å². The summed E-state index contributed by atoms with van der Waals surface area (Å²) in [5, 5.41) is 6.76. The predicted octanol–water partition coefficient (Wildman–Crippen LogP) is 1.98. The van der Waals surface area contributed by atoms with Crippen molar-refractivity contribution in [1.29, 1.82) is 0 Å². The number of aryl methyl sites for hydroxylation is 1. The first-order valence-electron chi connectivity index (χ1n) is 9.76. The van der Waals surface area contributed by atoms with Crippen LogP contribution in [0.5, 0.6) is 0 Å². The molecule has 0 aromatic carbocycles. The molecule has 2 amide bonds. The Morgan fingerprint density at radius 2 is 2.04 bits per heavy atom. The first-order chi connectivity index (χ1) is 12.2. The highest BCUT2D eigenvalue weighted by Crippen LogP contribution is 2.33. The second kappa shape index (κ2) is 7.18. The third kappa shape index (κ3) is 3.58.